The highest BCUT2D eigenvalue weighted by atomic mass is 16.6. The number of hydrogen-bond acceptors (Lipinski definition) is 4. The van der Waals surface area contributed by atoms with Crippen LogP contribution in [0.15, 0.2) is 23.3 Å². The van der Waals surface area contributed by atoms with Crippen molar-refractivity contribution in [1.82, 2.24) is 0 Å². The Morgan fingerprint density at radius 3 is 2.89 bits per heavy atom. The molecule has 0 radical (unpaired) electrons. The number of epoxide rings is 1. The highest BCUT2D eigenvalue weighted by molar-refractivity contribution is 5.91. The molecule has 3 fully saturated rings. The summed E-state index contributed by atoms with van der Waals surface area (Å²) in [5.74, 6) is -0.562. The maximum atomic E-state index is 11.8. The molecule has 0 aromatic rings. The van der Waals surface area contributed by atoms with Gasteiger partial charge in [0, 0.05) is 11.5 Å². The smallest absolute Gasteiger partial charge is 0.334 e. The molecule has 6 unspecified atom stereocenters. The van der Waals surface area contributed by atoms with E-state index in [-0.39, 0.29) is 35.6 Å². The number of hydrogen-bond donors (Lipinski definition) is 1. The van der Waals surface area contributed by atoms with Crippen molar-refractivity contribution in [2.45, 2.75) is 50.6 Å². The fourth-order valence-corrected chi connectivity index (χ4v) is 4.33. The molecule has 0 bridgehead atoms. The van der Waals surface area contributed by atoms with E-state index >= 15 is 0 Å². The van der Waals surface area contributed by atoms with Gasteiger partial charge in [-0.05, 0) is 26.7 Å². The van der Waals surface area contributed by atoms with E-state index in [1.54, 1.807) is 0 Å². The molecule has 102 valence electrons. The van der Waals surface area contributed by atoms with E-state index in [0.717, 1.165) is 6.42 Å². The van der Waals surface area contributed by atoms with Crippen molar-refractivity contribution in [3.8, 4) is 0 Å². The van der Waals surface area contributed by atoms with Crippen molar-refractivity contribution in [2.75, 3.05) is 0 Å². The Kier molecular flexibility index (Phi) is 2.03. The first kappa shape index (κ1) is 11.7. The zero-order chi connectivity index (χ0) is 13.5. The second-order valence-electron chi connectivity index (χ2n) is 6.47. The summed E-state index contributed by atoms with van der Waals surface area (Å²) in [5, 5.41) is 10.4. The second kappa shape index (κ2) is 3.30. The normalized spacial score (nSPS) is 51.4. The van der Waals surface area contributed by atoms with E-state index in [0.29, 0.717) is 12.0 Å². The van der Waals surface area contributed by atoms with Gasteiger partial charge in [0.25, 0.3) is 0 Å². The van der Waals surface area contributed by atoms with Crippen molar-refractivity contribution in [3.63, 3.8) is 0 Å². The summed E-state index contributed by atoms with van der Waals surface area (Å²) in [6.45, 7) is 7.98. The largest absolute Gasteiger partial charge is 0.457 e. The molecule has 1 N–H and O–H groups in total. The van der Waals surface area contributed by atoms with Crippen LogP contribution < -0.4 is 0 Å². The summed E-state index contributed by atoms with van der Waals surface area (Å²) < 4.78 is 11.3. The summed E-state index contributed by atoms with van der Waals surface area (Å²) in [4.78, 5) is 11.8. The van der Waals surface area contributed by atoms with Crippen LogP contribution in [-0.4, -0.2) is 35.0 Å². The third-order valence-corrected chi connectivity index (χ3v) is 5.44. The Bertz CT molecular complexity index is 534. The number of carbonyl (C=O) groups excluding carboxylic acids is 1. The Balaban J connectivity index is 1.84. The maximum Gasteiger partial charge on any atom is 0.334 e. The molecule has 2 aliphatic heterocycles. The minimum atomic E-state index is -0.581. The van der Waals surface area contributed by atoms with Crippen LogP contribution in [0.3, 0.4) is 0 Å². The average Bonchev–Trinajstić information content (AvgIpc) is 2.79. The molecule has 2 aliphatic carbocycles. The number of aliphatic hydroxyl groups is 1. The van der Waals surface area contributed by atoms with Crippen molar-refractivity contribution in [2.24, 2.45) is 11.8 Å². The lowest BCUT2D eigenvalue weighted by Gasteiger charge is -2.28. The average molecular weight is 262 g/mol. The van der Waals surface area contributed by atoms with Crippen molar-refractivity contribution < 1.29 is 19.4 Å². The standard InChI is InChI=1S/C15H18O4/c1-6-4-9(16)11-7(2)14(17)18-13(11)12-8(6)5-10-15(12,3)19-10/h9-13,16H,2,4-5H2,1,3H3. The molecule has 4 rings (SSSR count). The summed E-state index contributed by atoms with van der Waals surface area (Å²) >= 11 is 0. The Labute approximate surface area is 112 Å². The fourth-order valence-electron chi connectivity index (χ4n) is 4.33. The maximum absolute atomic E-state index is 11.8. The first-order chi connectivity index (χ1) is 8.93. The summed E-state index contributed by atoms with van der Waals surface area (Å²) in [6, 6.07) is 0. The monoisotopic (exact) mass is 262 g/mol. The second-order valence-corrected chi connectivity index (χ2v) is 6.47. The van der Waals surface area contributed by atoms with Crippen LogP contribution in [0.5, 0.6) is 0 Å². The number of carbonyl (C=O) groups is 1. The van der Waals surface area contributed by atoms with Crippen LogP contribution in [0, 0.1) is 11.8 Å². The molecule has 1 saturated carbocycles. The number of aliphatic hydroxyl groups excluding tert-OH is 1. The van der Waals surface area contributed by atoms with Gasteiger partial charge in [0.15, 0.2) is 0 Å². The molecular formula is C15H18O4. The summed E-state index contributed by atoms with van der Waals surface area (Å²) in [7, 11) is 0. The van der Waals surface area contributed by atoms with Crippen molar-refractivity contribution in [3.05, 3.63) is 23.3 Å². The van der Waals surface area contributed by atoms with Gasteiger partial charge in [-0.15, -0.1) is 0 Å². The molecule has 4 aliphatic rings. The lowest BCUT2D eigenvalue weighted by molar-refractivity contribution is -0.142. The van der Waals surface area contributed by atoms with Gasteiger partial charge in [-0.25, -0.2) is 4.79 Å². The lowest BCUT2D eigenvalue weighted by atomic mass is 9.80. The van der Waals surface area contributed by atoms with Gasteiger partial charge in [-0.1, -0.05) is 17.7 Å². The lowest BCUT2D eigenvalue weighted by Crippen LogP contribution is -2.38. The molecule has 0 spiro atoms. The van der Waals surface area contributed by atoms with Gasteiger partial charge in [0.1, 0.15) is 11.7 Å². The van der Waals surface area contributed by atoms with Crippen LogP contribution >= 0.6 is 0 Å². The molecule has 0 amide bonds. The molecule has 2 heterocycles. The zero-order valence-corrected chi connectivity index (χ0v) is 11.2. The Hall–Kier alpha value is -1.13. The van der Waals surface area contributed by atoms with Gasteiger partial charge >= 0.3 is 5.97 Å². The molecule has 4 heteroatoms. The van der Waals surface area contributed by atoms with E-state index in [1.165, 1.54) is 11.1 Å². The number of esters is 1. The first-order valence-corrected chi connectivity index (χ1v) is 6.87. The molecular weight excluding hydrogens is 244 g/mol. The minimum absolute atomic E-state index is 0.0860. The van der Waals surface area contributed by atoms with Gasteiger partial charge < -0.3 is 14.6 Å². The summed E-state index contributed by atoms with van der Waals surface area (Å²) in [5.41, 5.74) is 2.76. The van der Waals surface area contributed by atoms with Crippen LogP contribution in [0.1, 0.15) is 26.7 Å². The quantitative estimate of drug-likeness (QED) is 0.310. The van der Waals surface area contributed by atoms with Gasteiger partial charge in [-0.3, -0.25) is 0 Å². The molecule has 0 aromatic carbocycles. The van der Waals surface area contributed by atoms with E-state index in [4.69, 9.17) is 9.47 Å². The van der Waals surface area contributed by atoms with Crippen LogP contribution in [-0.2, 0) is 14.3 Å². The fraction of sp³-hybridized carbons (Fsp3) is 0.667. The number of ether oxygens (including phenoxy) is 2. The Morgan fingerprint density at radius 2 is 2.16 bits per heavy atom. The van der Waals surface area contributed by atoms with E-state index in [2.05, 4.69) is 20.4 Å². The van der Waals surface area contributed by atoms with E-state index in [1.807, 2.05) is 0 Å². The molecule has 0 aromatic heterocycles. The minimum Gasteiger partial charge on any atom is -0.457 e. The topological polar surface area (TPSA) is 59.1 Å². The predicted octanol–water partition coefficient (Wildman–Crippen LogP) is 1.34. The molecule has 19 heavy (non-hydrogen) atoms. The third-order valence-electron chi connectivity index (χ3n) is 5.44. The SMILES string of the molecule is C=C1C(=O)OC2C1C(O)CC(C)=C1CC3OC3(C)C12. The Morgan fingerprint density at radius 1 is 1.42 bits per heavy atom. The van der Waals surface area contributed by atoms with E-state index < -0.39 is 6.10 Å². The number of rotatable bonds is 0. The van der Waals surface area contributed by atoms with Crippen molar-refractivity contribution in [1.29, 1.82) is 0 Å². The zero-order valence-electron chi connectivity index (χ0n) is 11.2. The van der Waals surface area contributed by atoms with Gasteiger partial charge in [0.2, 0.25) is 0 Å². The van der Waals surface area contributed by atoms with E-state index in [9.17, 15) is 9.90 Å². The predicted molar refractivity (Wildman–Crippen MR) is 67.2 cm³/mol. The molecule has 6 atom stereocenters. The number of fused-ring (bicyclic) bond motifs is 5. The highest BCUT2D eigenvalue weighted by Gasteiger charge is 2.69. The first-order valence-electron chi connectivity index (χ1n) is 6.87. The van der Waals surface area contributed by atoms with Crippen LogP contribution in [0.25, 0.3) is 0 Å². The van der Waals surface area contributed by atoms with Gasteiger partial charge in [-0.2, -0.15) is 0 Å². The summed E-state index contributed by atoms with van der Waals surface area (Å²) in [6.07, 6.45) is 0.882. The molecule has 2 saturated heterocycles. The highest BCUT2D eigenvalue weighted by Crippen LogP contribution is 2.61. The molecule has 4 nitrogen and oxygen atoms in total. The third kappa shape index (κ3) is 1.29. The van der Waals surface area contributed by atoms with Crippen LogP contribution in [0.4, 0.5) is 0 Å². The van der Waals surface area contributed by atoms with Gasteiger partial charge in [0.05, 0.1) is 18.1 Å². The van der Waals surface area contributed by atoms with Crippen molar-refractivity contribution >= 4 is 5.97 Å². The van der Waals surface area contributed by atoms with Crippen LogP contribution in [0.2, 0.25) is 0 Å².